The molecule has 0 aromatic carbocycles. The number of thioether (sulfide) groups is 1. The molecule has 0 aliphatic carbocycles. The molecule has 3 unspecified atom stereocenters. The summed E-state index contributed by atoms with van der Waals surface area (Å²) in [5.74, 6) is 1.33. The lowest BCUT2D eigenvalue weighted by Gasteiger charge is -2.24. The summed E-state index contributed by atoms with van der Waals surface area (Å²) in [6.07, 6.45) is 1.34. The molecule has 2 nitrogen and oxygen atoms in total. The van der Waals surface area contributed by atoms with E-state index in [9.17, 15) is 0 Å². The van der Waals surface area contributed by atoms with Crippen molar-refractivity contribution in [3.8, 4) is 0 Å². The maximum atomic E-state index is 3.70. The van der Waals surface area contributed by atoms with Gasteiger partial charge >= 0.3 is 0 Å². The molecule has 0 radical (unpaired) electrons. The Kier molecular flexibility index (Phi) is 4.56. The Morgan fingerprint density at radius 1 is 1.54 bits per heavy atom. The van der Waals surface area contributed by atoms with Crippen LogP contribution in [0.4, 0.5) is 0 Å². The minimum Gasteiger partial charge on any atom is -0.309 e. The average Bonchev–Trinajstić information content (AvgIpc) is 2.34. The van der Waals surface area contributed by atoms with Crippen molar-refractivity contribution in [3.05, 3.63) is 0 Å². The van der Waals surface area contributed by atoms with Gasteiger partial charge in [-0.25, -0.2) is 0 Å². The van der Waals surface area contributed by atoms with Crippen LogP contribution in [0.3, 0.4) is 0 Å². The van der Waals surface area contributed by atoms with Crippen molar-refractivity contribution in [1.82, 2.24) is 10.2 Å². The van der Waals surface area contributed by atoms with Gasteiger partial charge in [0.05, 0.1) is 0 Å². The molecule has 3 heteroatoms. The molecule has 1 rings (SSSR count). The summed E-state index contributed by atoms with van der Waals surface area (Å²) in [7, 11) is 4.26. The summed E-state index contributed by atoms with van der Waals surface area (Å²) in [6, 6.07) is 1.35. The molecule has 0 spiro atoms. The van der Waals surface area contributed by atoms with Gasteiger partial charge < -0.3 is 10.2 Å². The van der Waals surface area contributed by atoms with Crippen molar-refractivity contribution < 1.29 is 0 Å². The average molecular weight is 202 g/mol. The van der Waals surface area contributed by atoms with E-state index in [-0.39, 0.29) is 0 Å². The van der Waals surface area contributed by atoms with Crippen molar-refractivity contribution in [2.75, 3.05) is 26.4 Å². The summed E-state index contributed by atoms with van der Waals surface area (Å²) >= 11 is 2.09. The van der Waals surface area contributed by atoms with Crippen molar-refractivity contribution in [2.45, 2.75) is 37.6 Å². The molecular formula is C10H22N2S. The molecule has 0 aromatic heterocycles. The van der Waals surface area contributed by atoms with Crippen LogP contribution in [0.25, 0.3) is 0 Å². The fraction of sp³-hybridized carbons (Fsp3) is 1.00. The van der Waals surface area contributed by atoms with E-state index in [1.165, 1.54) is 12.2 Å². The van der Waals surface area contributed by atoms with Crippen molar-refractivity contribution in [2.24, 2.45) is 0 Å². The second-order valence-electron chi connectivity index (χ2n) is 4.30. The minimum absolute atomic E-state index is 0.612. The van der Waals surface area contributed by atoms with Crippen LogP contribution in [0.1, 0.15) is 20.3 Å². The van der Waals surface area contributed by atoms with E-state index in [0.717, 1.165) is 17.8 Å². The molecule has 78 valence electrons. The van der Waals surface area contributed by atoms with Gasteiger partial charge in [0.2, 0.25) is 0 Å². The largest absolute Gasteiger partial charge is 0.309 e. The van der Waals surface area contributed by atoms with Crippen molar-refractivity contribution in [3.63, 3.8) is 0 Å². The maximum absolute atomic E-state index is 3.70. The molecule has 0 bridgehead atoms. The van der Waals surface area contributed by atoms with Gasteiger partial charge in [-0.3, -0.25) is 0 Å². The van der Waals surface area contributed by atoms with E-state index < -0.39 is 0 Å². The normalized spacial score (nSPS) is 31.2. The van der Waals surface area contributed by atoms with E-state index in [1.54, 1.807) is 0 Å². The van der Waals surface area contributed by atoms with Crippen molar-refractivity contribution >= 4 is 11.8 Å². The number of nitrogens with one attached hydrogen (secondary N) is 1. The van der Waals surface area contributed by atoms with Crippen LogP contribution < -0.4 is 5.32 Å². The van der Waals surface area contributed by atoms with Gasteiger partial charge in [0.1, 0.15) is 0 Å². The van der Waals surface area contributed by atoms with Gasteiger partial charge in [0.25, 0.3) is 0 Å². The van der Waals surface area contributed by atoms with Gasteiger partial charge in [-0.2, -0.15) is 11.8 Å². The minimum atomic E-state index is 0.612. The first-order chi connectivity index (χ1) is 6.09. The van der Waals surface area contributed by atoms with Gasteiger partial charge in [0.15, 0.2) is 0 Å². The fourth-order valence-electron chi connectivity index (χ4n) is 1.92. The lowest BCUT2D eigenvalue weighted by molar-refractivity contribution is 0.327. The first-order valence-electron chi connectivity index (χ1n) is 5.12. The highest BCUT2D eigenvalue weighted by molar-refractivity contribution is 8.00. The number of rotatable bonds is 4. The highest BCUT2D eigenvalue weighted by Crippen LogP contribution is 2.26. The van der Waals surface area contributed by atoms with E-state index in [4.69, 9.17) is 0 Å². The van der Waals surface area contributed by atoms with Crippen molar-refractivity contribution in [1.29, 1.82) is 0 Å². The molecule has 1 aliphatic heterocycles. The molecule has 1 heterocycles. The fourth-order valence-corrected chi connectivity index (χ4v) is 3.13. The third-order valence-electron chi connectivity index (χ3n) is 2.51. The van der Waals surface area contributed by atoms with Gasteiger partial charge in [-0.15, -0.1) is 0 Å². The molecule has 0 amide bonds. The maximum Gasteiger partial charge on any atom is 0.0194 e. The summed E-state index contributed by atoms with van der Waals surface area (Å²) in [5.41, 5.74) is 0. The summed E-state index contributed by atoms with van der Waals surface area (Å²) in [5, 5.41) is 4.49. The standard InChI is InChI=1S/C10H22N2S/c1-8(7-12(3)4)11-10-5-6-13-9(10)2/h8-11H,5-7H2,1-4H3. The van der Waals surface area contributed by atoms with Crippen LogP contribution in [0, 0.1) is 0 Å². The van der Waals surface area contributed by atoms with E-state index in [0.29, 0.717) is 6.04 Å². The number of hydrogen-bond donors (Lipinski definition) is 1. The number of nitrogens with zero attached hydrogens (tertiary/aromatic N) is 1. The third-order valence-corrected chi connectivity index (χ3v) is 3.84. The van der Waals surface area contributed by atoms with E-state index >= 15 is 0 Å². The smallest absolute Gasteiger partial charge is 0.0194 e. The second-order valence-corrected chi connectivity index (χ2v) is 5.79. The highest BCUT2D eigenvalue weighted by atomic mass is 32.2. The molecule has 0 saturated carbocycles. The van der Waals surface area contributed by atoms with E-state index in [1.807, 2.05) is 0 Å². The van der Waals surface area contributed by atoms with Crippen LogP contribution in [0.2, 0.25) is 0 Å². The molecule has 1 fully saturated rings. The molecule has 1 saturated heterocycles. The SMILES string of the molecule is CC(CN(C)C)NC1CCSC1C. The Bertz CT molecular complexity index is 150. The Balaban J connectivity index is 2.22. The number of likely N-dealkylation sites (N-methyl/N-ethyl adjacent to an activating group) is 1. The molecule has 1 aliphatic rings. The van der Waals surface area contributed by atoms with Crippen LogP contribution in [0.15, 0.2) is 0 Å². The van der Waals surface area contributed by atoms with Gasteiger partial charge in [0, 0.05) is 23.9 Å². The van der Waals surface area contributed by atoms with Crippen LogP contribution in [0.5, 0.6) is 0 Å². The third kappa shape index (κ3) is 3.88. The second kappa shape index (κ2) is 5.23. The van der Waals surface area contributed by atoms with Crippen LogP contribution in [-0.4, -0.2) is 48.6 Å². The topological polar surface area (TPSA) is 15.3 Å². The predicted octanol–water partition coefficient (Wildman–Crippen LogP) is 1.42. The quantitative estimate of drug-likeness (QED) is 0.742. The zero-order valence-corrected chi connectivity index (χ0v) is 10.0. The zero-order valence-electron chi connectivity index (χ0n) is 9.21. The summed E-state index contributed by atoms with van der Waals surface area (Å²) in [4.78, 5) is 2.24. The monoisotopic (exact) mass is 202 g/mol. The Morgan fingerprint density at radius 3 is 2.69 bits per heavy atom. The molecule has 13 heavy (non-hydrogen) atoms. The van der Waals surface area contributed by atoms with Crippen LogP contribution in [-0.2, 0) is 0 Å². The predicted molar refractivity (Wildman–Crippen MR) is 61.5 cm³/mol. The molecular weight excluding hydrogens is 180 g/mol. The molecule has 3 atom stereocenters. The van der Waals surface area contributed by atoms with Gasteiger partial charge in [-0.1, -0.05) is 6.92 Å². The Morgan fingerprint density at radius 2 is 2.23 bits per heavy atom. The summed E-state index contributed by atoms with van der Waals surface area (Å²) < 4.78 is 0. The number of hydrogen-bond acceptors (Lipinski definition) is 3. The Hall–Kier alpha value is 0.270. The van der Waals surface area contributed by atoms with Crippen LogP contribution >= 0.6 is 11.8 Å². The molecule has 0 aromatic rings. The summed E-state index contributed by atoms with van der Waals surface area (Å²) in [6.45, 7) is 5.74. The Labute approximate surface area is 86.5 Å². The zero-order chi connectivity index (χ0) is 9.84. The highest BCUT2D eigenvalue weighted by Gasteiger charge is 2.24. The first-order valence-corrected chi connectivity index (χ1v) is 6.17. The molecule has 1 N–H and O–H groups in total. The van der Waals surface area contributed by atoms with E-state index in [2.05, 4.69) is 49.9 Å². The van der Waals surface area contributed by atoms with Gasteiger partial charge in [-0.05, 0) is 33.2 Å². The lowest BCUT2D eigenvalue weighted by Crippen LogP contribution is -2.44. The first kappa shape index (κ1) is 11.3. The lowest BCUT2D eigenvalue weighted by atomic mass is 10.1.